The second-order valence-electron chi connectivity index (χ2n) is 9.15. The van der Waals surface area contributed by atoms with Crippen LogP contribution < -0.4 is 15.5 Å². The third-order valence-electron chi connectivity index (χ3n) is 7.14. The van der Waals surface area contributed by atoms with Crippen LogP contribution in [0.5, 0.6) is 0 Å². The normalized spacial score (nSPS) is 17.7. The van der Waals surface area contributed by atoms with Crippen LogP contribution in [-0.2, 0) is 0 Å². The van der Waals surface area contributed by atoms with Crippen LogP contribution in [-0.4, -0.2) is 45.5 Å². The number of anilines is 3. The van der Waals surface area contributed by atoms with Crippen LogP contribution in [0, 0.1) is 5.41 Å². The Morgan fingerprint density at radius 1 is 0.882 bits per heavy atom. The van der Waals surface area contributed by atoms with E-state index in [0.717, 1.165) is 47.6 Å². The zero-order valence-electron chi connectivity index (χ0n) is 18.8. The van der Waals surface area contributed by atoms with Crippen LogP contribution >= 0.6 is 23.4 Å². The van der Waals surface area contributed by atoms with Crippen LogP contribution in [0.4, 0.5) is 17.5 Å². The molecule has 5 heterocycles. The minimum atomic E-state index is 0.329. The van der Waals surface area contributed by atoms with E-state index >= 15 is 0 Å². The number of piperidine rings is 1. The molecule has 2 fully saturated rings. The van der Waals surface area contributed by atoms with Gasteiger partial charge in [-0.15, -0.1) is 0 Å². The van der Waals surface area contributed by atoms with E-state index in [2.05, 4.69) is 54.5 Å². The molecule has 2 aliphatic rings. The van der Waals surface area contributed by atoms with Crippen molar-refractivity contribution in [1.82, 2.24) is 19.4 Å². The number of nitrogens with zero attached hydrogens (tertiary/aromatic N) is 6. The van der Waals surface area contributed by atoms with Gasteiger partial charge in [0.15, 0.2) is 5.65 Å². The molecule has 0 bridgehead atoms. The number of nitrogen functional groups attached to an aromatic ring is 1. The number of para-hydroxylation sites is 1. The predicted octanol–water partition coefficient (Wildman–Crippen LogP) is 5.01. The Hall–Kier alpha value is -2.97. The fraction of sp³-hybridized carbons (Fsp3) is 0.320. The van der Waals surface area contributed by atoms with Crippen molar-refractivity contribution in [1.29, 1.82) is 0 Å². The van der Waals surface area contributed by atoms with E-state index in [0.29, 0.717) is 16.3 Å². The van der Waals surface area contributed by atoms with Crippen molar-refractivity contribution < 1.29 is 0 Å². The SMILES string of the molecule is Nc1nccc(Sc2cnc(N3CCC4(CCN(c5ccccc5)C4)CC3)n3ccnc23)c1Cl. The Balaban J connectivity index is 1.19. The summed E-state index contributed by atoms with van der Waals surface area (Å²) in [6.07, 6.45) is 11.0. The Kier molecular flexibility index (Phi) is 5.50. The lowest BCUT2D eigenvalue weighted by molar-refractivity contribution is 0.249. The molecule has 0 unspecified atom stereocenters. The van der Waals surface area contributed by atoms with E-state index in [4.69, 9.17) is 22.3 Å². The number of aromatic nitrogens is 4. The van der Waals surface area contributed by atoms with Crippen molar-refractivity contribution >= 4 is 46.5 Å². The molecule has 174 valence electrons. The number of fused-ring (bicyclic) bond motifs is 1. The van der Waals surface area contributed by atoms with Gasteiger partial charge in [0.25, 0.3) is 0 Å². The smallest absolute Gasteiger partial charge is 0.211 e. The van der Waals surface area contributed by atoms with Gasteiger partial charge in [-0.3, -0.25) is 4.40 Å². The predicted molar refractivity (Wildman–Crippen MR) is 138 cm³/mol. The Bertz CT molecular complexity index is 1320. The lowest BCUT2D eigenvalue weighted by Gasteiger charge is -2.40. The molecular weight excluding hydrogens is 466 g/mol. The summed E-state index contributed by atoms with van der Waals surface area (Å²) >= 11 is 7.87. The van der Waals surface area contributed by atoms with Crippen molar-refractivity contribution in [2.45, 2.75) is 29.1 Å². The number of imidazole rings is 1. The monoisotopic (exact) mass is 491 g/mol. The van der Waals surface area contributed by atoms with Crippen molar-refractivity contribution in [3.8, 4) is 0 Å². The summed E-state index contributed by atoms with van der Waals surface area (Å²) in [5.41, 5.74) is 8.49. The first-order valence-electron chi connectivity index (χ1n) is 11.6. The van der Waals surface area contributed by atoms with E-state index in [9.17, 15) is 0 Å². The van der Waals surface area contributed by atoms with Crippen LogP contribution in [0.15, 0.2) is 71.0 Å². The van der Waals surface area contributed by atoms with Crippen molar-refractivity contribution in [2.24, 2.45) is 5.41 Å². The van der Waals surface area contributed by atoms with Gasteiger partial charge in [-0.05, 0) is 42.9 Å². The number of rotatable bonds is 4. The number of benzene rings is 1. The van der Waals surface area contributed by atoms with Crippen molar-refractivity contribution in [3.63, 3.8) is 0 Å². The maximum absolute atomic E-state index is 6.36. The van der Waals surface area contributed by atoms with Gasteiger partial charge < -0.3 is 15.5 Å². The third-order valence-corrected chi connectivity index (χ3v) is 8.72. The third kappa shape index (κ3) is 3.84. The maximum Gasteiger partial charge on any atom is 0.211 e. The molecule has 4 aromatic rings. The molecule has 6 rings (SSSR count). The highest BCUT2D eigenvalue weighted by Gasteiger charge is 2.41. The molecule has 9 heteroatoms. The minimum Gasteiger partial charge on any atom is -0.382 e. The number of nitrogens with two attached hydrogens (primary N) is 1. The van der Waals surface area contributed by atoms with Gasteiger partial charge in [-0.2, -0.15) is 0 Å². The first-order chi connectivity index (χ1) is 16.6. The van der Waals surface area contributed by atoms with E-state index < -0.39 is 0 Å². The van der Waals surface area contributed by atoms with Crippen LogP contribution in [0.3, 0.4) is 0 Å². The van der Waals surface area contributed by atoms with Gasteiger partial charge in [0, 0.05) is 61.5 Å². The highest BCUT2D eigenvalue weighted by molar-refractivity contribution is 7.99. The Morgan fingerprint density at radius 2 is 1.65 bits per heavy atom. The van der Waals surface area contributed by atoms with E-state index in [1.807, 2.05) is 24.7 Å². The van der Waals surface area contributed by atoms with Crippen LogP contribution in [0.25, 0.3) is 5.65 Å². The average Bonchev–Trinajstić information content (AvgIpc) is 3.52. The van der Waals surface area contributed by atoms with Crippen molar-refractivity contribution in [2.75, 3.05) is 41.7 Å². The largest absolute Gasteiger partial charge is 0.382 e. The van der Waals surface area contributed by atoms with Crippen LogP contribution in [0.2, 0.25) is 5.02 Å². The summed E-state index contributed by atoms with van der Waals surface area (Å²) in [5.74, 6) is 1.28. The second-order valence-corrected chi connectivity index (χ2v) is 10.6. The zero-order chi connectivity index (χ0) is 23.1. The number of halogens is 1. The summed E-state index contributed by atoms with van der Waals surface area (Å²) in [6.45, 7) is 4.29. The van der Waals surface area contributed by atoms with Crippen molar-refractivity contribution in [3.05, 3.63) is 66.2 Å². The molecule has 2 N–H and O–H groups in total. The summed E-state index contributed by atoms with van der Waals surface area (Å²) < 4.78 is 2.09. The molecule has 34 heavy (non-hydrogen) atoms. The van der Waals surface area contributed by atoms with E-state index in [-0.39, 0.29) is 0 Å². The van der Waals surface area contributed by atoms with Gasteiger partial charge in [0.1, 0.15) is 5.82 Å². The second kappa shape index (κ2) is 8.67. The molecule has 7 nitrogen and oxygen atoms in total. The van der Waals surface area contributed by atoms with Gasteiger partial charge in [-0.25, -0.2) is 15.0 Å². The minimum absolute atomic E-state index is 0.329. The molecule has 0 saturated carbocycles. The molecule has 3 aromatic heterocycles. The summed E-state index contributed by atoms with van der Waals surface area (Å²) in [7, 11) is 0. The molecule has 2 saturated heterocycles. The lowest BCUT2D eigenvalue weighted by Crippen LogP contribution is -2.42. The molecule has 2 aliphatic heterocycles. The summed E-state index contributed by atoms with van der Waals surface area (Å²) in [5, 5.41) is 0.462. The van der Waals surface area contributed by atoms with Gasteiger partial charge >= 0.3 is 0 Å². The van der Waals surface area contributed by atoms with Gasteiger partial charge in [0.2, 0.25) is 5.95 Å². The summed E-state index contributed by atoms with van der Waals surface area (Å²) in [6, 6.07) is 12.7. The Morgan fingerprint density at radius 3 is 2.44 bits per heavy atom. The average molecular weight is 492 g/mol. The fourth-order valence-electron chi connectivity index (χ4n) is 5.21. The van der Waals surface area contributed by atoms with Crippen LogP contribution in [0.1, 0.15) is 19.3 Å². The fourth-order valence-corrected chi connectivity index (χ4v) is 6.35. The van der Waals surface area contributed by atoms with Gasteiger partial charge in [-0.1, -0.05) is 41.6 Å². The standard InChI is InChI=1S/C25H26ClN7S/c26-21-19(6-10-28-22(21)27)34-20-16-30-24(33-15-11-29-23(20)33)31-12-7-25(8-13-31)9-14-32(17-25)18-4-2-1-3-5-18/h1-6,10-11,15-16H,7-9,12-14,17H2,(H2,27,28). The number of hydrogen-bond donors (Lipinski definition) is 1. The van der Waals surface area contributed by atoms with E-state index in [1.165, 1.54) is 36.7 Å². The van der Waals surface area contributed by atoms with Gasteiger partial charge in [0.05, 0.1) is 9.92 Å². The zero-order valence-corrected chi connectivity index (χ0v) is 20.3. The number of pyridine rings is 1. The molecule has 0 radical (unpaired) electrons. The molecule has 0 aliphatic carbocycles. The molecule has 1 aromatic carbocycles. The van der Waals surface area contributed by atoms with E-state index in [1.54, 1.807) is 6.20 Å². The quantitative estimate of drug-likeness (QED) is 0.430. The number of hydrogen-bond acceptors (Lipinski definition) is 7. The first-order valence-corrected chi connectivity index (χ1v) is 12.8. The Labute approximate surface area is 208 Å². The maximum atomic E-state index is 6.36. The first kappa shape index (κ1) is 21.6. The molecule has 1 spiro atoms. The highest BCUT2D eigenvalue weighted by Crippen LogP contribution is 2.43. The molecule has 0 amide bonds. The highest BCUT2D eigenvalue weighted by atomic mass is 35.5. The molecule has 0 atom stereocenters. The molecular formula is C25H26ClN7S. The summed E-state index contributed by atoms with van der Waals surface area (Å²) in [4.78, 5) is 20.2. The lowest BCUT2D eigenvalue weighted by atomic mass is 9.78. The topological polar surface area (TPSA) is 75.6 Å².